The van der Waals surface area contributed by atoms with Crippen molar-refractivity contribution in [2.75, 3.05) is 0 Å². The Hall–Kier alpha value is -6.90. The van der Waals surface area contributed by atoms with Crippen molar-refractivity contribution in [3.8, 4) is 35.7 Å². The first-order chi connectivity index (χ1) is 23.1. The van der Waals surface area contributed by atoms with E-state index in [4.69, 9.17) is 0 Å². The predicted molar refractivity (Wildman–Crippen MR) is 187 cm³/mol. The highest BCUT2D eigenvalue weighted by Gasteiger charge is 2.21. The molecule has 0 aliphatic carbocycles. The second kappa shape index (κ2) is 9.80. The van der Waals surface area contributed by atoms with Gasteiger partial charge in [0.25, 0.3) is 0 Å². The van der Waals surface area contributed by atoms with E-state index in [1.807, 2.05) is 72.8 Å². The fourth-order valence-electron chi connectivity index (χ4n) is 6.95. The summed E-state index contributed by atoms with van der Waals surface area (Å²) in [5.41, 5.74) is 7.85. The van der Waals surface area contributed by atoms with E-state index < -0.39 is 0 Å². The molecule has 9 aromatic rings. The van der Waals surface area contributed by atoms with Crippen molar-refractivity contribution >= 4 is 75.1 Å². The third-order valence-corrected chi connectivity index (χ3v) is 10.2. The van der Waals surface area contributed by atoms with Crippen LogP contribution in [0.15, 0.2) is 109 Å². The van der Waals surface area contributed by atoms with E-state index in [1.54, 1.807) is 11.3 Å². The van der Waals surface area contributed by atoms with Crippen LogP contribution >= 0.6 is 11.3 Å². The smallest absolute Gasteiger partial charge is 0.0991 e. The number of thiophene rings is 1. The molecule has 0 bridgehead atoms. The molecular formula is C40H18N6S. The lowest BCUT2D eigenvalue weighted by Crippen LogP contribution is -1.99. The zero-order valence-electron chi connectivity index (χ0n) is 24.5. The molecule has 9 rings (SSSR count). The second-order valence-electron chi connectivity index (χ2n) is 11.5. The summed E-state index contributed by atoms with van der Waals surface area (Å²) in [5.74, 6) is 0. The fourth-order valence-corrected chi connectivity index (χ4v) is 8.14. The average molecular weight is 615 g/mol. The van der Waals surface area contributed by atoms with Crippen molar-refractivity contribution in [3.05, 3.63) is 131 Å². The van der Waals surface area contributed by atoms with Crippen LogP contribution in [-0.2, 0) is 0 Å². The monoisotopic (exact) mass is 614 g/mol. The zero-order chi connectivity index (χ0) is 31.8. The van der Waals surface area contributed by atoms with Gasteiger partial charge in [-0.05, 0) is 91.0 Å². The highest BCUT2D eigenvalue weighted by molar-refractivity contribution is 7.26. The molecule has 0 aliphatic rings. The van der Waals surface area contributed by atoms with Crippen LogP contribution < -0.4 is 0 Å². The third kappa shape index (κ3) is 3.73. The number of aromatic nitrogens is 2. The third-order valence-electron chi connectivity index (χ3n) is 8.99. The lowest BCUT2D eigenvalue weighted by molar-refractivity contribution is 1.15. The van der Waals surface area contributed by atoms with Gasteiger partial charge in [-0.2, -0.15) is 21.0 Å². The van der Waals surface area contributed by atoms with Gasteiger partial charge in [0.2, 0.25) is 0 Å². The van der Waals surface area contributed by atoms with Crippen LogP contribution in [0.3, 0.4) is 0 Å². The van der Waals surface area contributed by atoms with Crippen LogP contribution in [-0.4, -0.2) is 9.13 Å². The lowest BCUT2D eigenvalue weighted by Gasteiger charge is -2.15. The van der Waals surface area contributed by atoms with Gasteiger partial charge in [0.15, 0.2) is 0 Å². The van der Waals surface area contributed by atoms with Crippen molar-refractivity contribution < 1.29 is 0 Å². The number of benzene rings is 6. The van der Waals surface area contributed by atoms with Crippen LogP contribution in [0.4, 0.5) is 0 Å². The van der Waals surface area contributed by atoms with Crippen molar-refractivity contribution in [2.45, 2.75) is 0 Å². The molecule has 0 saturated heterocycles. The molecule has 0 saturated carbocycles. The molecule has 3 heterocycles. The van der Waals surface area contributed by atoms with E-state index in [9.17, 15) is 21.0 Å². The highest BCUT2D eigenvalue weighted by atomic mass is 32.1. The molecule has 6 nitrogen and oxygen atoms in total. The standard InChI is InChI=1S/C40H18N6S/c41-19-23-5-9-34-29(13-23)30-14-24(20-42)6-10-35(30)45(34)27-17-33-28-3-1-2-4-39(28)47-40(33)38(18-27)46-36-11-7-25(21-43)15-31(36)32-16-26(22-44)8-12-37(32)46/h1-18H. The Balaban J connectivity index is 1.47. The van der Waals surface area contributed by atoms with Crippen LogP contribution in [0.5, 0.6) is 0 Å². The van der Waals surface area contributed by atoms with Gasteiger partial charge in [0, 0.05) is 42.7 Å². The minimum absolute atomic E-state index is 0.553. The molecule has 214 valence electrons. The molecule has 47 heavy (non-hydrogen) atoms. The van der Waals surface area contributed by atoms with Crippen LogP contribution in [0.25, 0.3) is 75.2 Å². The predicted octanol–water partition coefficient (Wildman–Crippen LogP) is 9.74. The summed E-state index contributed by atoms with van der Waals surface area (Å²) < 4.78 is 6.73. The van der Waals surface area contributed by atoms with E-state index >= 15 is 0 Å². The van der Waals surface area contributed by atoms with Gasteiger partial charge >= 0.3 is 0 Å². The van der Waals surface area contributed by atoms with Gasteiger partial charge in [0.05, 0.1) is 79.0 Å². The Morgan fingerprint density at radius 3 is 1.34 bits per heavy atom. The molecule has 0 amide bonds. The van der Waals surface area contributed by atoms with Gasteiger partial charge in [0.1, 0.15) is 0 Å². The van der Waals surface area contributed by atoms with E-state index in [0.29, 0.717) is 22.3 Å². The number of nitrogens with zero attached hydrogens (tertiary/aromatic N) is 6. The summed E-state index contributed by atoms with van der Waals surface area (Å²) in [7, 11) is 0. The molecule has 0 spiro atoms. The zero-order valence-corrected chi connectivity index (χ0v) is 25.3. The van der Waals surface area contributed by atoms with Gasteiger partial charge in [-0.25, -0.2) is 0 Å². The maximum atomic E-state index is 9.75. The first kappa shape index (κ1) is 26.5. The molecule has 0 atom stereocenters. The number of hydrogen-bond acceptors (Lipinski definition) is 5. The first-order valence-corrected chi connectivity index (χ1v) is 15.6. The Morgan fingerprint density at radius 1 is 0.426 bits per heavy atom. The Morgan fingerprint density at radius 2 is 0.872 bits per heavy atom. The van der Waals surface area contributed by atoms with Gasteiger partial charge in [-0.1, -0.05) is 18.2 Å². The second-order valence-corrected chi connectivity index (χ2v) is 12.5. The largest absolute Gasteiger partial charge is 0.309 e. The molecule has 0 aliphatic heterocycles. The summed E-state index contributed by atoms with van der Waals surface area (Å²) in [6.45, 7) is 0. The number of hydrogen-bond donors (Lipinski definition) is 0. The van der Waals surface area contributed by atoms with Crippen molar-refractivity contribution in [2.24, 2.45) is 0 Å². The van der Waals surface area contributed by atoms with Gasteiger partial charge in [-0.3, -0.25) is 0 Å². The summed E-state index contributed by atoms with van der Waals surface area (Å²) in [6.07, 6.45) is 0. The molecule has 0 radical (unpaired) electrons. The SMILES string of the molecule is N#Cc1ccc2c(c1)c1cc(C#N)ccc1n2-c1cc(-n2c3ccc(C#N)cc3c3cc(C#N)ccc32)c2sc3ccccc3c2c1. The fraction of sp³-hybridized carbons (Fsp3) is 0. The van der Waals surface area contributed by atoms with E-state index in [1.165, 1.54) is 4.70 Å². The Labute approximate surface area is 271 Å². The quantitative estimate of drug-likeness (QED) is 0.193. The van der Waals surface area contributed by atoms with Crippen molar-refractivity contribution in [1.29, 1.82) is 21.0 Å². The van der Waals surface area contributed by atoms with E-state index in [2.05, 4.69) is 69.8 Å². The normalized spacial score (nSPS) is 11.3. The minimum Gasteiger partial charge on any atom is -0.309 e. The Kier molecular flexibility index (Phi) is 5.53. The van der Waals surface area contributed by atoms with Gasteiger partial charge < -0.3 is 9.13 Å². The minimum atomic E-state index is 0.553. The molecule has 7 heteroatoms. The number of fused-ring (bicyclic) bond motifs is 9. The molecule has 3 aromatic heterocycles. The van der Waals surface area contributed by atoms with E-state index in [-0.39, 0.29) is 0 Å². The molecule has 6 aromatic carbocycles. The number of nitriles is 4. The average Bonchev–Trinajstić information content (AvgIpc) is 3.77. The Bertz CT molecular complexity index is 2870. The highest BCUT2D eigenvalue weighted by Crippen LogP contribution is 2.44. The van der Waals surface area contributed by atoms with E-state index in [0.717, 1.165) is 70.5 Å². The summed E-state index contributed by atoms with van der Waals surface area (Å²) >= 11 is 1.74. The first-order valence-electron chi connectivity index (χ1n) is 14.8. The summed E-state index contributed by atoms with van der Waals surface area (Å²) in [6, 6.07) is 44.7. The summed E-state index contributed by atoms with van der Waals surface area (Å²) in [4.78, 5) is 0. The summed E-state index contributed by atoms with van der Waals surface area (Å²) in [5, 5.41) is 44.8. The topological polar surface area (TPSA) is 105 Å². The van der Waals surface area contributed by atoms with Crippen LogP contribution in [0.1, 0.15) is 22.3 Å². The van der Waals surface area contributed by atoms with Gasteiger partial charge in [-0.15, -0.1) is 11.3 Å². The van der Waals surface area contributed by atoms with Crippen LogP contribution in [0, 0.1) is 45.3 Å². The molecule has 0 unspecified atom stereocenters. The maximum Gasteiger partial charge on any atom is 0.0991 e. The van der Waals surface area contributed by atoms with Crippen LogP contribution in [0.2, 0.25) is 0 Å². The number of rotatable bonds is 2. The molecule has 0 N–H and O–H groups in total. The molecule has 0 fully saturated rings. The van der Waals surface area contributed by atoms with Crippen molar-refractivity contribution in [1.82, 2.24) is 9.13 Å². The maximum absolute atomic E-state index is 9.75. The lowest BCUT2D eigenvalue weighted by atomic mass is 10.1. The molecular weight excluding hydrogens is 597 g/mol. The van der Waals surface area contributed by atoms with Crippen molar-refractivity contribution in [3.63, 3.8) is 0 Å².